The molecular weight excluding hydrogens is 311 g/mol. The van der Waals surface area contributed by atoms with Crippen molar-refractivity contribution in [3.63, 3.8) is 0 Å². The zero-order valence-electron chi connectivity index (χ0n) is 11.4. The van der Waals surface area contributed by atoms with E-state index in [1.54, 1.807) is 7.11 Å². The maximum absolute atomic E-state index is 12.3. The Morgan fingerprint density at radius 3 is 2.86 bits per heavy atom. The quantitative estimate of drug-likeness (QED) is 0.850. The van der Waals surface area contributed by atoms with Crippen molar-refractivity contribution >= 4 is 34.8 Å². The number of amides is 1. The average molecular weight is 325 g/mol. The molecule has 0 spiro atoms. The Labute approximate surface area is 133 Å². The standard InChI is InChI=1S/C15H14Cl2N2O2/c1-21-7-6-10-4-2-3-5-13(10)19-15(20)11-8-14(17)18-9-12(11)16/h2-5,8-9H,6-7H2,1H3,(H,19,20). The number of hydrogen-bond acceptors (Lipinski definition) is 3. The van der Waals surface area contributed by atoms with E-state index in [9.17, 15) is 4.79 Å². The summed E-state index contributed by atoms with van der Waals surface area (Å²) in [5, 5.41) is 3.31. The summed E-state index contributed by atoms with van der Waals surface area (Å²) in [6.45, 7) is 0.578. The van der Waals surface area contributed by atoms with Crippen LogP contribution in [0.4, 0.5) is 5.69 Å². The van der Waals surface area contributed by atoms with E-state index in [1.807, 2.05) is 24.3 Å². The highest BCUT2D eigenvalue weighted by Crippen LogP contribution is 2.21. The van der Waals surface area contributed by atoms with Gasteiger partial charge < -0.3 is 10.1 Å². The average Bonchev–Trinajstić information content (AvgIpc) is 2.48. The highest BCUT2D eigenvalue weighted by Gasteiger charge is 2.13. The number of carbonyl (C=O) groups excluding carboxylic acids is 1. The highest BCUT2D eigenvalue weighted by atomic mass is 35.5. The first-order chi connectivity index (χ1) is 10.1. The number of nitrogens with zero attached hydrogens (tertiary/aromatic N) is 1. The third kappa shape index (κ3) is 4.17. The van der Waals surface area contributed by atoms with E-state index in [4.69, 9.17) is 27.9 Å². The summed E-state index contributed by atoms with van der Waals surface area (Å²) in [4.78, 5) is 16.1. The number of carbonyl (C=O) groups is 1. The van der Waals surface area contributed by atoms with Gasteiger partial charge in [-0.1, -0.05) is 41.4 Å². The molecule has 1 aromatic heterocycles. The van der Waals surface area contributed by atoms with Crippen LogP contribution in [-0.4, -0.2) is 24.6 Å². The molecule has 0 unspecified atom stereocenters. The number of methoxy groups -OCH3 is 1. The van der Waals surface area contributed by atoms with E-state index in [2.05, 4.69) is 10.3 Å². The lowest BCUT2D eigenvalue weighted by Gasteiger charge is -2.11. The number of ether oxygens (including phenoxy) is 1. The van der Waals surface area contributed by atoms with Crippen LogP contribution in [0.15, 0.2) is 36.5 Å². The van der Waals surface area contributed by atoms with Crippen molar-refractivity contribution in [1.29, 1.82) is 0 Å². The Hall–Kier alpha value is -1.62. The van der Waals surface area contributed by atoms with Crippen molar-refractivity contribution in [1.82, 2.24) is 4.98 Å². The molecule has 0 bridgehead atoms. The lowest BCUT2D eigenvalue weighted by molar-refractivity contribution is 0.102. The summed E-state index contributed by atoms with van der Waals surface area (Å²) < 4.78 is 5.07. The minimum Gasteiger partial charge on any atom is -0.384 e. The fourth-order valence-corrected chi connectivity index (χ4v) is 2.20. The van der Waals surface area contributed by atoms with Crippen LogP contribution in [0.1, 0.15) is 15.9 Å². The molecule has 2 aromatic rings. The summed E-state index contributed by atoms with van der Waals surface area (Å²) in [5.41, 5.74) is 2.01. The molecular formula is C15H14Cl2N2O2. The number of benzene rings is 1. The molecule has 0 fully saturated rings. The summed E-state index contributed by atoms with van der Waals surface area (Å²) in [6.07, 6.45) is 2.06. The third-order valence-electron chi connectivity index (χ3n) is 2.91. The van der Waals surface area contributed by atoms with Crippen molar-refractivity contribution in [3.8, 4) is 0 Å². The minimum absolute atomic E-state index is 0.220. The van der Waals surface area contributed by atoms with Gasteiger partial charge in [-0.25, -0.2) is 4.98 Å². The van der Waals surface area contributed by atoms with E-state index in [-0.39, 0.29) is 16.1 Å². The SMILES string of the molecule is COCCc1ccccc1NC(=O)c1cc(Cl)ncc1Cl. The predicted octanol–water partition coefficient (Wildman–Crippen LogP) is 3.83. The van der Waals surface area contributed by atoms with E-state index in [1.165, 1.54) is 12.3 Å². The molecule has 0 aliphatic heterocycles. The molecule has 110 valence electrons. The van der Waals surface area contributed by atoms with Gasteiger partial charge in [-0.3, -0.25) is 4.79 Å². The molecule has 21 heavy (non-hydrogen) atoms. The zero-order valence-corrected chi connectivity index (χ0v) is 12.9. The van der Waals surface area contributed by atoms with Crippen molar-refractivity contribution in [2.24, 2.45) is 0 Å². The lowest BCUT2D eigenvalue weighted by Crippen LogP contribution is -2.14. The molecule has 1 amide bonds. The number of hydrogen-bond donors (Lipinski definition) is 1. The van der Waals surface area contributed by atoms with Gasteiger partial charge in [-0.05, 0) is 24.1 Å². The minimum atomic E-state index is -0.325. The number of rotatable bonds is 5. The third-order valence-corrected chi connectivity index (χ3v) is 3.42. The predicted molar refractivity (Wildman–Crippen MR) is 84.2 cm³/mol. The molecule has 4 nitrogen and oxygen atoms in total. The number of pyridine rings is 1. The maximum atomic E-state index is 12.3. The second-order valence-electron chi connectivity index (χ2n) is 4.34. The molecule has 6 heteroatoms. The summed E-state index contributed by atoms with van der Waals surface area (Å²) in [6, 6.07) is 8.98. The van der Waals surface area contributed by atoms with Gasteiger partial charge in [-0.2, -0.15) is 0 Å². The van der Waals surface area contributed by atoms with Crippen LogP contribution < -0.4 is 5.32 Å². The lowest BCUT2D eigenvalue weighted by atomic mass is 10.1. The molecule has 1 N–H and O–H groups in total. The van der Waals surface area contributed by atoms with E-state index in [0.717, 1.165) is 11.3 Å². The summed E-state index contributed by atoms with van der Waals surface area (Å²) in [7, 11) is 1.64. The van der Waals surface area contributed by atoms with E-state index >= 15 is 0 Å². The van der Waals surface area contributed by atoms with Crippen molar-refractivity contribution in [2.45, 2.75) is 6.42 Å². The van der Waals surface area contributed by atoms with Gasteiger partial charge in [0.05, 0.1) is 17.2 Å². The Morgan fingerprint density at radius 2 is 2.10 bits per heavy atom. The highest BCUT2D eigenvalue weighted by molar-refractivity contribution is 6.35. The van der Waals surface area contributed by atoms with Crippen molar-refractivity contribution < 1.29 is 9.53 Å². The maximum Gasteiger partial charge on any atom is 0.257 e. The number of halogens is 2. The van der Waals surface area contributed by atoms with Crippen LogP contribution in [0.5, 0.6) is 0 Å². The van der Waals surface area contributed by atoms with E-state index < -0.39 is 0 Å². The van der Waals surface area contributed by atoms with Gasteiger partial charge in [0.1, 0.15) is 5.15 Å². The second-order valence-corrected chi connectivity index (χ2v) is 5.14. The van der Waals surface area contributed by atoms with Gasteiger partial charge in [0.25, 0.3) is 5.91 Å². The van der Waals surface area contributed by atoms with Gasteiger partial charge in [0.15, 0.2) is 0 Å². The molecule has 0 radical (unpaired) electrons. The fourth-order valence-electron chi connectivity index (χ4n) is 1.85. The number of nitrogens with one attached hydrogen (secondary N) is 1. The molecule has 2 rings (SSSR count). The zero-order chi connectivity index (χ0) is 15.2. The molecule has 0 saturated carbocycles. The Morgan fingerprint density at radius 1 is 1.33 bits per heavy atom. The molecule has 0 aliphatic carbocycles. The Bertz CT molecular complexity index is 647. The normalized spacial score (nSPS) is 10.4. The van der Waals surface area contributed by atoms with Crippen LogP contribution in [-0.2, 0) is 11.2 Å². The first-order valence-electron chi connectivity index (χ1n) is 6.31. The number of para-hydroxylation sites is 1. The molecule has 0 saturated heterocycles. The van der Waals surface area contributed by atoms with Crippen LogP contribution in [0.3, 0.4) is 0 Å². The van der Waals surface area contributed by atoms with Crippen molar-refractivity contribution in [2.75, 3.05) is 19.0 Å². The van der Waals surface area contributed by atoms with Crippen molar-refractivity contribution in [3.05, 3.63) is 57.8 Å². The first kappa shape index (κ1) is 15.8. The topological polar surface area (TPSA) is 51.2 Å². The summed E-state index contributed by atoms with van der Waals surface area (Å²) >= 11 is 11.8. The molecule has 1 heterocycles. The number of anilines is 1. The molecule has 0 atom stereocenters. The summed E-state index contributed by atoms with van der Waals surface area (Å²) in [5.74, 6) is -0.325. The van der Waals surface area contributed by atoms with Gasteiger partial charge in [-0.15, -0.1) is 0 Å². The Balaban J connectivity index is 2.21. The molecule has 1 aromatic carbocycles. The van der Waals surface area contributed by atoms with Gasteiger partial charge >= 0.3 is 0 Å². The first-order valence-corrected chi connectivity index (χ1v) is 7.06. The number of aromatic nitrogens is 1. The smallest absolute Gasteiger partial charge is 0.257 e. The van der Waals surface area contributed by atoms with Crippen LogP contribution in [0.25, 0.3) is 0 Å². The van der Waals surface area contributed by atoms with Crippen LogP contribution >= 0.6 is 23.2 Å². The second kappa shape index (κ2) is 7.41. The monoisotopic (exact) mass is 324 g/mol. The van der Waals surface area contributed by atoms with E-state index in [0.29, 0.717) is 18.6 Å². The van der Waals surface area contributed by atoms with Gasteiger partial charge in [0, 0.05) is 19.0 Å². The van der Waals surface area contributed by atoms with Crippen LogP contribution in [0, 0.1) is 0 Å². The largest absolute Gasteiger partial charge is 0.384 e. The Kier molecular flexibility index (Phi) is 5.56. The molecule has 0 aliphatic rings. The fraction of sp³-hybridized carbons (Fsp3) is 0.200. The van der Waals surface area contributed by atoms with Gasteiger partial charge in [0.2, 0.25) is 0 Å². The van der Waals surface area contributed by atoms with Crippen LogP contribution in [0.2, 0.25) is 10.2 Å².